The van der Waals surface area contributed by atoms with Crippen molar-refractivity contribution in [2.45, 2.75) is 33.2 Å². The highest BCUT2D eigenvalue weighted by Gasteiger charge is 2.09. The molecule has 84 valence electrons. The van der Waals surface area contributed by atoms with E-state index in [1.54, 1.807) is 0 Å². The number of hydrogen-bond donors (Lipinski definition) is 0. The summed E-state index contributed by atoms with van der Waals surface area (Å²) in [5.74, 6) is 0.664. The van der Waals surface area contributed by atoms with Gasteiger partial charge in [-0.2, -0.15) is 5.10 Å². The Morgan fingerprint density at radius 2 is 2.40 bits per heavy atom. The molecule has 1 heterocycles. The lowest BCUT2D eigenvalue weighted by Gasteiger charge is -2.07. The molecule has 0 N–H and O–H groups in total. The minimum atomic E-state index is 0.664. The number of alkyl halides is 1. The van der Waals surface area contributed by atoms with Crippen molar-refractivity contribution in [3.05, 3.63) is 22.4 Å². The molecule has 4 heteroatoms. The predicted octanol–water partition coefficient (Wildman–Crippen LogP) is 4.09. The normalized spacial score (nSPS) is 12.1. The number of aromatic nitrogens is 2. The minimum absolute atomic E-state index is 0.664. The van der Waals surface area contributed by atoms with Gasteiger partial charge in [0.05, 0.1) is 16.4 Å². The fourth-order valence-electron chi connectivity index (χ4n) is 1.50. The van der Waals surface area contributed by atoms with Crippen LogP contribution in [0.3, 0.4) is 0 Å². The van der Waals surface area contributed by atoms with Gasteiger partial charge >= 0.3 is 0 Å². The molecule has 1 rings (SSSR count). The second-order valence-corrected chi connectivity index (χ2v) is 4.66. The summed E-state index contributed by atoms with van der Waals surface area (Å²) in [5, 5.41) is 4.33. The van der Waals surface area contributed by atoms with Crippen molar-refractivity contribution in [3.63, 3.8) is 0 Å². The summed E-state index contributed by atoms with van der Waals surface area (Å²) in [7, 11) is 0. The molecule has 15 heavy (non-hydrogen) atoms. The Labute approximate surface area is 104 Å². The third-order valence-electron chi connectivity index (χ3n) is 2.16. The van der Waals surface area contributed by atoms with Crippen LogP contribution in [0.15, 0.2) is 16.7 Å². The highest BCUT2D eigenvalue weighted by molar-refractivity contribution is 9.10. The zero-order valence-corrected chi connectivity index (χ0v) is 11.5. The second-order valence-electron chi connectivity index (χ2n) is 3.43. The zero-order valence-electron chi connectivity index (χ0n) is 9.13. The molecule has 0 amide bonds. The van der Waals surface area contributed by atoms with Crippen LogP contribution in [0.4, 0.5) is 0 Å². The lowest BCUT2D eigenvalue weighted by molar-refractivity contribution is 0.595. The van der Waals surface area contributed by atoms with E-state index in [9.17, 15) is 0 Å². The van der Waals surface area contributed by atoms with E-state index in [0.29, 0.717) is 5.88 Å². The SMILES string of the molecule is CCCn1ncc(Br)c1C(C)=CCCCl. The van der Waals surface area contributed by atoms with Crippen LogP contribution in [-0.2, 0) is 6.54 Å². The summed E-state index contributed by atoms with van der Waals surface area (Å²) >= 11 is 9.19. The van der Waals surface area contributed by atoms with E-state index in [4.69, 9.17) is 11.6 Å². The van der Waals surface area contributed by atoms with Gasteiger partial charge in [-0.1, -0.05) is 13.0 Å². The first-order chi connectivity index (χ1) is 7.20. The van der Waals surface area contributed by atoms with Crippen molar-refractivity contribution in [2.24, 2.45) is 0 Å². The average molecular weight is 292 g/mol. The number of halogens is 2. The highest BCUT2D eigenvalue weighted by Crippen LogP contribution is 2.24. The molecule has 0 aliphatic carbocycles. The quantitative estimate of drug-likeness (QED) is 0.747. The maximum Gasteiger partial charge on any atom is 0.0778 e. The van der Waals surface area contributed by atoms with Gasteiger partial charge in [0.15, 0.2) is 0 Å². The van der Waals surface area contributed by atoms with Crippen molar-refractivity contribution in [1.29, 1.82) is 0 Å². The van der Waals surface area contributed by atoms with E-state index in [0.717, 1.165) is 23.9 Å². The standard InChI is InChI=1S/C11H16BrClN2/c1-3-7-15-11(10(12)8-14-15)9(2)5-4-6-13/h5,8H,3-4,6-7H2,1-2H3. The Kier molecular flexibility index (Phi) is 5.40. The van der Waals surface area contributed by atoms with Crippen LogP contribution in [0.1, 0.15) is 32.4 Å². The van der Waals surface area contributed by atoms with E-state index in [1.807, 2.05) is 10.9 Å². The molecule has 0 saturated carbocycles. The van der Waals surface area contributed by atoms with E-state index in [1.165, 1.54) is 11.3 Å². The first kappa shape index (κ1) is 12.8. The van der Waals surface area contributed by atoms with Crippen LogP contribution < -0.4 is 0 Å². The van der Waals surface area contributed by atoms with Crippen molar-refractivity contribution >= 4 is 33.1 Å². The van der Waals surface area contributed by atoms with Crippen molar-refractivity contribution in [2.75, 3.05) is 5.88 Å². The first-order valence-corrected chi connectivity index (χ1v) is 6.47. The van der Waals surface area contributed by atoms with Gasteiger partial charge in [-0.05, 0) is 41.3 Å². The van der Waals surface area contributed by atoms with Gasteiger partial charge in [0.25, 0.3) is 0 Å². The molecule has 0 aliphatic rings. The molecule has 0 saturated heterocycles. The predicted molar refractivity (Wildman–Crippen MR) is 69.2 cm³/mol. The van der Waals surface area contributed by atoms with Crippen LogP contribution in [0.5, 0.6) is 0 Å². The van der Waals surface area contributed by atoms with Gasteiger partial charge in [-0.3, -0.25) is 4.68 Å². The van der Waals surface area contributed by atoms with E-state index >= 15 is 0 Å². The monoisotopic (exact) mass is 290 g/mol. The summed E-state index contributed by atoms with van der Waals surface area (Å²) < 4.78 is 3.09. The molecule has 0 aromatic carbocycles. The van der Waals surface area contributed by atoms with E-state index in [2.05, 4.69) is 41.0 Å². The molecule has 0 atom stereocenters. The van der Waals surface area contributed by atoms with Crippen LogP contribution in [0.2, 0.25) is 0 Å². The van der Waals surface area contributed by atoms with Crippen molar-refractivity contribution in [3.8, 4) is 0 Å². The van der Waals surface area contributed by atoms with Gasteiger partial charge in [-0.25, -0.2) is 0 Å². The van der Waals surface area contributed by atoms with Crippen LogP contribution in [0, 0.1) is 0 Å². The molecular weight excluding hydrogens is 275 g/mol. The van der Waals surface area contributed by atoms with Crippen LogP contribution in [0.25, 0.3) is 5.57 Å². The third kappa shape index (κ3) is 3.35. The maximum atomic E-state index is 5.67. The summed E-state index contributed by atoms with van der Waals surface area (Å²) in [4.78, 5) is 0. The molecule has 0 spiro atoms. The summed E-state index contributed by atoms with van der Waals surface area (Å²) in [6, 6.07) is 0. The number of aryl methyl sites for hydroxylation is 1. The Morgan fingerprint density at radius 3 is 3.00 bits per heavy atom. The largest absolute Gasteiger partial charge is 0.264 e. The molecule has 0 aliphatic heterocycles. The zero-order chi connectivity index (χ0) is 11.3. The van der Waals surface area contributed by atoms with Gasteiger partial charge < -0.3 is 0 Å². The Hall–Kier alpha value is -0.280. The Morgan fingerprint density at radius 1 is 1.67 bits per heavy atom. The third-order valence-corrected chi connectivity index (χ3v) is 2.96. The fourth-order valence-corrected chi connectivity index (χ4v) is 2.22. The Balaban J connectivity index is 2.95. The van der Waals surface area contributed by atoms with Gasteiger partial charge in [-0.15, -0.1) is 11.6 Å². The second kappa shape index (κ2) is 6.33. The van der Waals surface area contributed by atoms with Gasteiger partial charge in [0.2, 0.25) is 0 Å². The number of hydrogen-bond acceptors (Lipinski definition) is 1. The minimum Gasteiger partial charge on any atom is -0.264 e. The van der Waals surface area contributed by atoms with Crippen molar-refractivity contribution in [1.82, 2.24) is 9.78 Å². The first-order valence-electron chi connectivity index (χ1n) is 5.15. The van der Waals surface area contributed by atoms with Crippen molar-refractivity contribution < 1.29 is 0 Å². The van der Waals surface area contributed by atoms with E-state index < -0.39 is 0 Å². The molecule has 0 bridgehead atoms. The lowest BCUT2D eigenvalue weighted by Crippen LogP contribution is -2.03. The molecule has 1 aromatic heterocycles. The molecule has 0 radical (unpaired) electrons. The number of rotatable bonds is 5. The summed E-state index contributed by atoms with van der Waals surface area (Å²) in [5.41, 5.74) is 2.40. The molecule has 2 nitrogen and oxygen atoms in total. The molecular formula is C11H16BrClN2. The molecule has 0 fully saturated rings. The summed E-state index contributed by atoms with van der Waals surface area (Å²) in [6.45, 7) is 5.20. The topological polar surface area (TPSA) is 17.8 Å². The van der Waals surface area contributed by atoms with Crippen LogP contribution >= 0.6 is 27.5 Å². The maximum absolute atomic E-state index is 5.67. The van der Waals surface area contributed by atoms with Gasteiger partial charge in [0, 0.05) is 12.4 Å². The Bertz CT molecular complexity index is 344. The molecule has 1 aromatic rings. The number of allylic oxidation sites excluding steroid dienone is 2. The average Bonchev–Trinajstić information content (AvgIpc) is 2.57. The fraction of sp³-hybridized carbons (Fsp3) is 0.545. The van der Waals surface area contributed by atoms with Gasteiger partial charge in [0.1, 0.15) is 0 Å². The van der Waals surface area contributed by atoms with E-state index in [-0.39, 0.29) is 0 Å². The highest BCUT2D eigenvalue weighted by atomic mass is 79.9. The summed E-state index contributed by atoms with van der Waals surface area (Å²) in [6.07, 6.45) is 5.99. The smallest absolute Gasteiger partial charge is 0.0778 e. The van der Waals surface area contributed by atoms with Crippen LogP contribution in [-0.4, -0.2) is 15.7 Å². The molecule has 0 unspecified atom stereocenters. The lowest BCUT2D eigenvalue weighted by atomic mass is 10.2. The number of nitrogens with zero attached hydrogens (tertiary/aromatic N) is 2.